The normalized spacial score (nSPS) is 15.0. The Balaban J connectivity index is 0.907. The standard InChI is InChI=1S/C86H112F6N5O17PSi/c1-7-9-11-13-15-17-19-21-23-25-27-29-31-33-79(100)107-60-70(110-80(101)34-32-30-28-26-24-22-20-18-16-14-12-10-8-2)61-109-115(105,106)108-54-53-97(3,4)59-65-58-96(95-94-65)66-42-49-72-71(56-66)81(102)114-84(72)73-48-41-64(93-82(103)111-67-43-35-62(36-44-67)39-51-77(98)85(87,88)89)55-75(73)116(5,6)76-57-69(47-50-74(76)84)113-83(104)112-68-45-37-63(38-46-68)40-52-78(99)86(90,91)92/h35-38,41-50,55-58,70H,7-34,39-40,51-54,59-61H2,1-6H3,(H-,93,103,105,106)/p+1. The van der Waals surface area contributed by atoms with Gasteiger partial charge in [-0.25, -0.2) is 23.6 Å². The zero-order chi connectivity index (χ0) is 83.9. The van der Waals surface area contributed by atoms with Crippen molar-refractivity contribution in [1.29, 1.82) is 0 Å². The van der Waals surface area contributed by atoms with E-state index in [1.165, 1.54) is 168 Å². The highest BCUT2D eigenvalue weighted by molar-refractivity contribution is 7.47. The molecule has 22 nitrogen and oxygen atoms in total. The van der Waals surface area contributed by atoms with Crippen molar-refractivity contribution in [3.8, 4) is 22.9 Å². The number of alkyl halides is 6. The fourth-order valence-electron chi connectivity index (χ4n) is 14.5. The van der Waals surface area contributed by atoms with Crippen LogP contribution in [0.3, 0.4) is 0 Å². The van der Waals surface area contributed by atoms with Gasteiger partial charge in [-0.3, -0.25) is 33.5 Å². The van der Waals surface area contributed by atoms with Crippen LogP contribution >= 0.6 is 7.82 Å². The Morgan fingerprint density at radius 1 is 0.569 bits per heavy atom. The number of unbranched alkanes of at least 4 members (excludes halogenated alkanes) is 24. The number of ether oxygens (including phenoxy) is 6. The summed E-state index contributed by atoms with van der Waals surface area (Å²) in [5, 5.41) is 12.8. The third-order valence-corrected chi connectivity index (χ3v) is 25.6. The second kappa shape index (κ2) is 44.8. The number of phosphoric ester groups is 1. The molecule has 30 heteroatoms. The van der Waals surface area contributed by atoms with Crippen LogP contribution in [0.25, 0.3) is 5.69 Å². The molecule has 0 aliphatic carbocycles. The number of anilines is 1. The van der Waals surface area contributed by atoms with Crippen LogP contribution in [0.2, 0.25) is 13.1 Å². The highest BCUT2D eigenvalue weighted by Crippen LogP contribution is 2.50. The molecule has 0 bridgehead atoms. The molecule has 3 heterocycles. The molecule has 0 saturated carbocycles. The van der Waals surface area contributed by atoms with Gasteiger partial charge in [-0.1, -0.05) is 229 Å². The van der Waals surface area contributed by atoms with Crippen LogP contribution in [0.4, 0.5) is 41.6 Å². The third kappa shape index (κ3) is 29.2. The number of quaternary nitrogens is 1. The molecule has 5 aromatic carbocycles. The summed E-state index contributed by atoms with van der Waals surface area (Å²) in [5.74, 6) is -5.40. The average Bonchev–Trinajstić information content (AvgIpc) is 1.25. The van der Waals surface area contributed by atoms with Crippen molar-refractivity contribution < 1.29 is 111 Å². The van der Waals surface area contributed by atoms with Gasteiger partial charge in [0.1, 0.15) is 57.3 Å². The van der Waals surface area contributed by atoms with E-state index in [0.29, 0.717) is 62.4 Å². The second-order valence-corrected chi connectivity index (χ2v) is 37.1. The summed E-state index contributed by atoms with van der Waals surface area (Å²) in [6, 6.07) is 26.0. The first-order chi connectivity index (χ1) is 55.3. The molecule has 3 unspecified atom stereocenters. The number of carbonyl (C=O) groups is 7. The van der Waals surface area contributed by atoms with Gasteiger partial charge < -0.3 is 37.8 Å². The SMILES string of the molecule is CCCCCCCCCCCCCCCC(=O)OCC(COP(=O)(O)OCC[N+](C)(C)Cc1cn(-c2ccc3c(c2)C(=O)OC32c3ccc(NC(=O)Oc4ccc(CCC(=O)C(F)(F)F)cc4)cc3[Si](C)(C)c3cc(OC(=O)Oc4ccc(CCC(=O)C(F)(F)F)cc4)ccc32)nn1)OC(=O)CCCCCCCCCCCCCCC. The van der Waals surface area contributed by atoms with Gasteiger partial charge in [0.05, 0.1) is 38.1 Å². The number of likely N-dealkylation sites (N-methyl/N-ethyl adjacent to an activating group) is 1. The molecule has 2 aliphatic rings. The number of hydrogen-bond acceptors (Lipinski definition) is 18. The molecule has 6 aromatic rings. The van der Waals surface area contributed by atoms with Gasteiger partial charge in [-0.15, -0.1) is 5.10 Å². The van der Waals surface area contributed by atoms with E-state index in [0.717, 1.165) is 44.9 Å². The lowest BCUT2D eigenvalue weighted by atomic mass is 9.79. The van der Waals surface area contributed by atoms with E-state index in [1.807, 2.05) is 27.2 Å². The van der Waals surface area contributed by atoms with Gasteiger partial charge in [0.2, 0.25) is 11.6 Å². The lowest BCUT2D eigenvalue weighted by molar-refractivity contribution is -0.904. The Morgan fingerprint density at radius 3 is 1.56 bits per heavy atom. The molecular weight excluding hydrogens is 1550 g/mol. The molecule has 1 aromatic heterocycles. The van der Waals surface area contributed by atoms with Gasteiger partial charge in [0.25, 0.3) is 0 Å². The molecule has 2 N–H and O–H groups in total. The van der Waals surface area contributed by atoms with Crippen LogP contribution in [0.15, 0.2) is 109 Å². The van der Waals surface area contributed by atoms with E-state index in [4.69, 9.17) is 37.5 Å². The predicted molar refractivity (Wildman–Crippen MR) is 428 cm³/mol. The summed E-state index contributed by atoms with van der Waals surface area (Å²) in [6.45, 7) is 7.66. The molecule has 3 atom stereocenters. The predicted octanol–water partition coefficient (Wildman–Crippen LogP) is 19.3. The van der Waals surface area contributed by atoms with E-state index in [1.54, 1.807) is 54.7 Å². The number of nitrogens with zero attached hydrogens (tertiary/aromatic N) is 4. The minimum Gasteiger partial charge on any atom is -0.462 e. The van der Waals surface area contributed by atoms with Crippen LogP contribution < -0.4 is 29.9 Å². The molecular formula is C86H113F6N5O17PSi+. The maximum atomic E-state index is 14.6. The highest BCUT2D eigenvalue weighted by atomic mass is 31.2. The summed E-state index contributed by atoms with van der Waals surface area (Å²) >= 11 is 0. The number of aryl methyl sites for hydroxylation is 2. The van der Waals surface area contributed by atoms with Gasteiger partial charge in [-0.05, 0) is 108 Å². The largest absolute Gasteiger partial charge is 0.519 e. The van der Waals surface area contributed by atoms with Crippen molar-refractivity contribution in [2.75, 3.05) is 45.8 Å². The van der Waals surface area contributed by atoms with Crippen molar-refractivity contribution in [2.45, 2.75) is 263 Å². The van der Waals surface area contributed by atoms with Crippen LogP contribution in [0, 0.1) is 0 Å². The van der Waals surface area contributed by atoms with Crippen molar-refractivity contribution in [3.05, 3.63) is 148 Å². The Morgan fingerprint density at radius 2 is 1.03 bits per heavy atom. The second-order valence-electron chi connectivity index (χ2n) is 31.3. The molecule has 634 valence electrons. The summed E-state index contributed by atoms with van der Waals surface area (Å²) < 4.78 is 138. The number of amides is 1. The van der Waals surface area contributed by atoms with E-state index >= 15 is 0 Å². The summed E-state index contributed by atoms with van der Waals surface area (Å²) in [5.41, 5.74) is 1.94. The van der Waals surface area contributed by atoms with Crippen molar-refractivity contribution in [1.82, 2.24) is 15.0 Å². The Hall–Kier alpha value is -8.60. The number of carbonyl (C=O) groups excluding carboxylic acids is 7. The summed E-state index contributed by atoms with van der Waals surface area (Å²) in [7, 11) is -4.16. The van der Waals surface area contributed by atoms with Crippen molar-refractivity contribution in [2.24, 2.45) is 0 Å². The van der Waals surface area contributed by atoms with Crippen LogP contribution in [0.1, 0.15) is 250 Å². The number of benzene rings is 5. The Kier molecular flexibility index (Phi) is 35.9. The number of rotatable bonds is 51. The van der Waals surface area contributed by atoms with Gasteiger partial charge in [0.15, 0.2) is 11.7 Å². The topological polar surface area (TPSA) is 273 Å². The molecule has 1 spiro atoms. The smallest absolute Gasteiger partial charge is 0.462 e. The lowest BCUT2D eigenvalue weighted by Crippen LogP contribution is -2.63. The van der Waals surface area contributed by atoms with E-state index in [-0.39, 0.29) is 85.0 Å². The number of fused-ring (bicyclic) bond motifs is 6. The number of ketones is 2. The zero-order valence-corrected chi connectivity index (χ0v) is 69.5. The van der Waals surface area contributed by atoms with E-state index in [2.05, 4.69) is 29.5 Å². The first-order valence-corrected chi connectivity index (χ1v) is 45.4. The van der Waals surface area contributed by atoms with Crippen LogP contribution in [-0.4, -0.2) is 133 Å². The minimum absolute atomic E-state index is 0.00926. The summed E-state index contributed by atoms with van der Waals surface area (Å²) in [6.07, 6.45) is 16.7. The fourth-order valence-corrected chi connectivity index (χ4v) is 18.4. The first kappa shape index (κ1) is 92.9. The zero-order valence-electron chi connectivity index (χ0n) is 67.6. The number of hydrogen-bond donors (Lipinski definition) is 2. The highest BCUT2D eigenvalue weighted by Gasteiger charge is 2.56. The van der Waals surface area contributed by atoms with E-state index < -0.39 is 101 Å². The Bertz CT molecular complexity index is 4130. The number of aromatic nitrogens is 3. The third-order valence-electron chi connectivity index (χ3n) is 21.1. The van der Waals surface area contributed by atoms with Crippen molar-refractivity contribution >= 4 is 73.7 Å². The molecule has 0 saturated heterocycles. The molecule has 0 radical (unpaired) electrons. The van der Waals surface area contributed by atoms with Crippen molar-refractivity contribution in [3.63, 3.8) is 0 Å². The first-order valence-electron chi connectivity index (χ1n) is 40.9. The Labute approximate surface area is 676 Å². The van der Waals surface area contributed by atoms with Crippen LogP contribution in [-0.2, 0) is 72.0 Å². The van der Waals surface area contributed by atoms with E-state index in [9.17, 15) is 69.4 Å². The molecule has 116 heavy (non-hydrogen) atoms. The minimum atomic E-state index is -4.97. The summed E-state index contributed by atoms with van der Waals surface area (Å²) in [4.78, 5) is 102. The fraction of sp³-hybridized carbons (Fsp3) is 0.547. The number of Topliss-reactive ketones (excluding diaryl/α,β-unsaturated/α-hetero) is 2. The van der Waals surface area contributed by atoms with Crippen LogP contribution in [0.5, 0.6) is 17.2 Å². The van der Waals surface area contributed by atoms with Gasteiger partial charge in [-0.2, -0.15) is 26.3 Å². The molecule has 0 fully saturated rings. The average molecular weight is 1660 g/mol. The number of phosphoric acid groups is 1. The molecule has 8 rings (SSSR count). The van der Waals surface area contributed by atoms with Gasteiger partial charge >= 0.3 is 50.3 Å². The quantitative estimate of drug-likeness (QED) is 0.00525. The lowest BCUT2D eigenvalue weighted by Gasteiger charge is -2.43. The maximum Gasteiger partial charge on any atom is 0.519 e. The molecule has 1 amide bonds. The number of halogens is 6. The molecule has 2 aliphatic heterocycles. The maximum absolute atomic E-state index is 14.6. The number of nitrogens with one attached hydrogen (secondary N) is 1. The van der Waals surface area contributed by atoms with Gasteiger partial charge in [0, 0.05) is 48.1 Å². The monoisotopic (exact) mass is 1660 g/mol. The number of esters is 3.